The first-order valence-corrected chi connectivity index (χ1v) is 6.84. The lowest BCUT2D eigenvalue weighted by Gasteiger charge is -2.24. The summed E-state index contributed by atoms with van der Waals surface area (Å²) in [5, 5.41) is 13.3. The van der Waals surface area contributed by atoms with E-state index in [2.05, 4.69) is 31.3 Å². The minimum Gasteiger partial charge on any atom is -0.389 e. The van der Waals surface area contributed by atoms with Crippen molar-refractivity contribution in [1.82, 2.24) is 5.32 Å². The number of aryl methyl sites for hydroxylation is 1. The summed E-state index contributed by atoms with van der Waals surface area (Å²) in [5.41, 5.74) is -0.598. The van der Waals surface area contributed by atoms with Crippen LogP contribution in [0.2, 0.25) is 0 Å². The summed E-state index contributed by atoms with van der Waals surface area (Å²) in [5.74, 6) is 0. The third-order valence-electron chi connectivity index (χ3n) is 3.01. The number of nitrogens with one attached hydrogen (secondary N) is 1. The Morgan fingerprint density at radius 1 is 1.44 bits per heavy atom. The van der Waals surface area contributed by atoms with Gasteiger partial charge in [0.25, 0.3) is 0 Å². The third-order valence-corrected chi connectivity index (χ3v) is 4.42. The highest BCUT2D eigenvalue weighted by atomic mass is 32.1. The van der Waals surface area contributed by atoms with E-state index in [1.165, 1.54) is 9.75 Å². The summed E-state index contributed by atoms with van der Waals surface area (Å²) in [7, 11) is 0. The van der Waals surface area contributed by atoms with Crippen LogP contribution in [-0.2, 0) is 6.42 Å². The molecular formula is C13H23NOS. The van der Waals surface area contributed by atoms with Crippen LogP contribution in [0.25, 0.3) is 0 Å². The number of hydrogen-bond donors (Lipinski definition) is 2. The highest BCUT2D eigenvalue weighted by Crippen LogP contribution is 2.23. The second-order valence-corrected chi connectivity index (χ2v) is 5.81. The third kappa shape index (κ3) is 3.89. The molecule has 1 rings (SSSR count). The molecule has 1 aromatic heterocycles. The lowest BCUT2D eigenvalue weighted by atomic mass is 10.0. The molecule has 16 heavy (non-hydrogen) atoms. The van der Waals surface area contributed by atoms with Gasteiger partial charge in [-0.1, -0.05) is 13.8 Å². The van der Waals surface area contributed by atoms with Crippen LogP contribution >= 0.6 is 11.3 Å². The molecule has 0 saturated carbocycles. The van der Waals surface area contributed by atoms with Crippen LogP contribution in [0.15, 0.2) is 12.1 Å². The fourth-order valence-electron chi connectivity index (χ4n) is 1.42. The van der Waals surface area contributed by atoms with E-state index in [-0.39, 0.29) is 0 Å². The van der Waals surface area contributed by atoms with Gasteiger partial charge in [0, 0.05) is 22.3 Å². The zero-order chi connectivity index (χ0) is 12.2. The summed E-state index contributed by atoms with van der Waals surface area (Å²) < 4.78 is 0. The quantitative estimate of drug-likeness (QED) is 0.802. The lowest BCUT2D eigenvalue weighted by molar-refractivity contribution is 0.0535. The van der Waals surface area contributed by atoms with Gasteiger partial charge in [0.05, 0.1) is 5.60 Å². The Balaban J connectivity index is 2.49. The first-order valence-electron chi connectivity index (χ1n) is 6.03. The van der Waals surface area contributed by atoms with Crippen LogP contribution in [0.4, 0.5) is 0 Å². The van der Waals surface area contributed by atoms with Gasteiger partial charge in [-0.05, 0) is 38.8 Å². The van der Waals surface area contributed by atoms with Crippen molar-refractivity contribution in [3.05, 3.63) is 21.9 Å². The largest absolute Gasteiger partial charge is 0.389 e. The van der Waals surface area contributed by atoms with Crippen LogP contribution in [0.5, 0.6) is 0 Å². The Bertz CT molecular complexity index is 319. The summed E-state index contributed by atoms with van der Waals surface area (Å²) in [4.78, 5) is 2.77. The molecule has 2 nitrogen and oxygen atoms in total. The molecule has 0 fully saturated rings. The molecule has 0 radical (unpaired) electrons. The van der Waals surface area contributed by atoms with E-state index in [1.807, 2.05) is 25.2 Å². The van der Waals surface area contributed by atoms with E-state index in [4.69, 9.17) is 0 Å². The number of rotatable bonds is 6. The average Bonchev–Trinajstić information content (AvgIpc) is 2.74. The Labute approximate surface area is 103 Å². The minimum atomic E-state index is -0.598. The summed E-state index contributed by atoms with van der Waals surface area (Å²) in [6, 6.07) is 4.70. The van der Waals surface area contributed by atoms with Crippen molar-refractivity contribution >= 4 is 11.3 Å². The van der Waals surface area contributed by atoms with E-state index in [0.29, 0.717) is 12.6 Å². The maximum atomic E-state index is 9.91. The van der Waals surface area contributed by atoms with Crippen molar-refractivity contribution in [2.75, 3.05) is 6.54 Å². The van der Waals surface area contributed by atoms with Crippen molar-refractivity contribution in [2.45, 2.75) is 52.2 Å². The molecule has 0 aliphatic heterocycles. The van der Waals surface area contributed by atoms with E-state index in [1.54, 1.807) is 0 Å². The molecule has 1 heterocycles. The molecule has 2 unspecified atom stereocenters. The summed E-state index contributed by atoms with van der Waals surface area (Å²) in [6.45, 7) is 8.85. The SMILES string of the molecule is CCc1ccc(C(C)NCC(C)(O)CC)s1. The smallest absolute Gasteiger partial charge is 0.0741 e. The normalized spacial score (nSPS) is 17.1. The molecule has 92 valence electrons. The second-order valence-electron chi connectivity index (χ2n) is 4.61. The minimum absolute atomic E-state index is 0.323. The van der Waals surface area contributed by atoms with Gasteiger partial charge >= 0.3 is 0 Å². The van der Waals surface area contributed by atoms with Crippen LogP contribution < -0.4 is 5.32 Å². The number of aliphatic hydroxyl groups is 1. The van der Waals surface area contributed by atoms with Crippen molar-refractivity contribution in [3.8, 4) is 0 Å². The second kappa shape index (κ2) is 5.80. The van der Waals surface area contributed by atoms with Gasteiger partial charge in [-0.3, -0.25) is 0 Å². The van der Waals surface area contributed by atoms with Crippen molar-refractivity contribution in [3.63, 3.8) is 0 Å². The summed E-state index contributed by atoms with van der Waals surface area (Å²) in [6.07, 6.45) is 1.88. The predicted molar refractivity (Wildman–Crippen MR) is 71.0 cm³/mol. The number of hydrogen-bond acceptors (Lipinski definition) is 3. The Morgan fingerprint density at radius 2 is 2.12 bits per heavy atom. The Kier molecular flexibility index (Phi) is 4.96. The topological polar surface area (TPSA) is 32.3 Å². The lowest BCUT2D eigenvalue weighted by Crippen LogP contribution is -2.38. The average molecular weight is 241 g/mol. The van der Waals surface area contributed by atoms with Crippen molar-refractivity contribution in [2.24, 2.45) is 0 Å². The molecule has 0 saturated heterocycles. The van der Waals surface area contributed by atoms with Gasteiger partial charge in [-0.25, -0.2) is 0 Å². The van der Waals surface area contributed by atoms with Crippen LogP contribution in [0.3, 0.4) is 0 Å². The van der Waals surface area contributed by atoms with Gasteiger partial charge in [0.2, 0.25) is 0 Å². The molecule has 0 bridgehead atoms. The number of thiophene rings is 1. The fraction of sp³-hybridized carbons (Fsp3) is 0.692. The molecule has 0 aliphatic carbocycles. The van der Waals surface area contributed by atoms with Gasteiger partial charge < -0.3 is 10.4 Å². The Hall–Kier alpha value is -0.380. The van der Waals surface area contributed by atoms with Gasteiger partial charge in [0.1, 0.15) is 0 Å². The van der Waals surface area contributed by atoms with Gasteiger partial charge in [0.15, 0.2) is 0 Å². The van der Waals surface area contributed by atoms with E-state index in [0.717, 1.165) is 12.8 Å². The standard InChI is InChI=1S/C13H23NOS/c1-5-11-7-8-12(16-11)10(3)14-9-13(4,15)6-2/h7-8,10,14-15H,5-6,9H2,1-4H3. The molecule has 0 aliphatic rings. The fourth-order valence-corrected chi connectivity index (χ4v) is 2.40. The first-order chi connectivity index (χ1) is 7.48. The van der Waals surface area contributed by atoms with E-state index >= 15 is 0 Å². The molecule has 2 atom stereocenters. The van der Waals surface area contributed by atoms with Crippen molar-refractivity contribution < 1.29 is 5.11 Å². The molecule has 0 amide bonds. The van der Waals surface area contributed by atoms with Gasteiger partial charge in [-0.15, -0.1) is 11.3 Å². The monoisotopic (exact) mass is 241 g/mol. The molecule has 0 spiro atoms. The Morgan fingerprint density at radius 3 is 2.62 bits per heavy atom. The molecule has 3 heteroatoms. The van der Waals surface area contributed by atoms with Crippen LogP contribution in [0, 0.1) is 0 Å². The highest BCUT2D eigenvalue weighted by molar-refractivity contribution is 7.12. The maximum Gasteiger partial charge on any atom is 0.0741 e. The molecule has 2 N–H and O–H groups in total. The molecular weight excluding hydrogens is 218 g/mol. The first kappa shape index (κ1) is 13.7. The molecule has 1 aromatic rings. The highest BCUT2D eigenvalue weighted by Gasteiger charge is 2.18. The zero-order valence-corrected chi connectivity index (χ0v) is 11.5. The van der Waals surface area contributed by atoms with E-state index in [9.17, 15) is 5.11 Å². The molecule has 0 aromatic carbocycles. The summed E-state index contributed by atoms with van der Waals surface area (Å²) >= 11 is 1.86. The predicted octanol–water partition coefficient (Wildman–Crippen LogP) is 3.12. The maximum absolute atomic E-state index is 9.91. The zero-order valence-electron chi connectivity index (χ0n) is 10.7. The van der Waals surface area contributed by atoms with Gasteiger partial charge in [-0.2, -0.15) is 0 Å². The van der Waals surface area contributed by atoms with Crippen LogP contribution in [0.1, 0.15) is 49.9 Å². The van der Waals surface area contributed by atoms with E-state index < -0.39 is 5.60 Å². The van der Waals surface area contributed by atoms with Crippen molar-refractivity contribution in [1.29, 1.82) is 0 Å². The van der Waals surface area contributed by atoms with Crippen LogP contribution in [-0.4, -0.2) is 17.3 Å².